The molecule has 204 valence electrons. The van der Waals surface area contributed by atoms with Crippen LogP contribution in [-0.4, -0.2) is 39.3 Å². The van der Waals surface area contributed by atoms with Gasteiger partial charge in [0.1, 0.15) is 21.5 Å². The number of thioether (sulfide) groups is 3. The molecule has 3 heterocycles. The first-order chi connectivity index (χ1) is 20.1. The molecular weight excluding hydrogens is 569 g/mol. The molecule has 3 aliphatic heterocycles. The highest BCUT2D eigenvalue weighted by molar-refractivity contribution is 8.45. The molecule has 4 atom stereocenters. The van der Waals surface area contributed by atoms with E-state index in [-0.39, 0.29) is 16.3 Å². The predicted octanol–water partition coefficient (Wildman–Crippen LogP) is 7.28. The second kappa shape index (κ2) is 10.7. The third-order valence-electron chi connectivity index (χ3n) is 7.89. The van der Waals surface area contributed by atoms with Gasteiger partial charge in [-0.05, 0) is 47.2 Å². The summed E-state index contributed by atoms with van der Waals surface area (Å²) in [4.78, 5) is 37.4. The molecule has 1 fully saturated rings. The Labute approximate surface area is 251 Å². The van der Waals surface area contributed by atoms with Crippen LogP contribution >= 0.6 is 35.3 Å². The quantitative estimate of drug-likeness (QED) is 0.217. The number of hydrogen-bond donors (Lipinski definition) is 0. The minimum atomic E-state index is -1.14. The molecule has 8 heteroatoms. The Bertz CT molecular complexity index is 1650. The summed E-state index contributed by atoms with van der Waals surface area (Å²) in [6.07, 6.45) is 0. The minimum Gasteiger partial charge on any atom is -0.497 e. The number of Topliss-reactive ketones (excluding diaryl/α,β-unsaturated/α-hetero) is 1. The van der Waals surface area contributed by atoms with Crippen LogP contribution < -0.4 is 9.64 Å². The topological polar surface area (TPSA) is 59.0 Å². The third-order valence-corrected chi connectivity index (χ3v) is 11.5. The molecule has 4 aromatic rings. The lowest BCUT2D eigenvalue weighted by atomic mass is 9.77. The van der Waals surface area contributed by atoms with Crippen molar-refractivity contribution in [1.29, 1.82) is 0 Å². The Hall–Kier alpha value is -3.46. The van der Waals surface area contributed by atoms with Crippen molar-refractivity contribution in [1.82, 2.24) is 0 Å². The van der Waals surface area contributed by atoms with Gasteiger partial charge in [0.15, 0.2) is 11.3 Å². The van der Waals surface area contributed by atoms with Gasteiger partial charge in [0.05, 0.1) is 12.8 Å². The minimum absolute atomic E-state index is 0.00690. The fourth-order valence-electron chi connectivity index (χ4n) is 6.04. The van der Waals surface area contributed by atoms with Crippen molar-refractivity contribution in [3.8, 4) is 5.75 Å². The molecule has 0 saturated carbocycles. The number of ether oxygens (including phenoxy) is 1. The van der Waals surface area contributed by atoms with E-state index in [4.69, 9.17) is 9.73 Å². The Kier molecular flexibility index (Phi) is 6.93. The Morgan fingerprint density at radius 2 is 1.61 bits per heavy atom. The summed E-state index contributed by atoms with van der Waals surface area (Å²) in [5.74, 6) is 0.949. The van der Waals surface area contributed by atoms with E-state index in [1.54, 1.807) is 30.6 Å². The molecule has 0 N–H and O–H groups in total. The molecule has 5 nitrogen and oxygen atoms in total. The third kappa shape index (κ3) is 4.40. The summed E-state index contributed by atoms with van der Waals surface area (Å²) in [5.41, 5.74) is 2.54. The molecule has 41 heavy (non-hydrogen) atoms. The van der Waals surface area contributed by atoms with Gasteiger partial charge in [0.25, 0.3) is 0 Å². The van der Waals surface area contributed by atoms with Crippen LogP contribution in [0, 0.1) is 0 Å². The van der Waals surface area contributed by atoms with Crippen molar-refractivity contribution < 1.29 is 14.3 Å². The summed E-state index contributed by atoms with van der Waals surface area (Å²) in [6, 6.07) is 34.9. The molecule has 0 aromatic heterocycles. The van der Waals surface area contributed by atoms with Crippen LogP contribution in [0.3, 0.4) is 0 Å². The van der Waals surface area contributed by atoms with Crippen LogP contribution in [0.5, 0.6) is 5.75 Å². The zero-order valence-corrected chi connectivity index (χ0v) is 24.6. The van der Waals surface area contributed by atoms with Crippen LogP contribution in [0.15, 0.2) is 119 Å². The van der Waals surface area contributed by atoms with E-state index in [0.717, 1.165) is 32.0 Å². The molecular formula is C33H26N2O3S3. The smallest absolute Gasteiger partial charge is 0.227 e. The van der Waals surface area contributed by atoms with Crippen LogP contribution in [0.4, 0.5) is 5.69 Å². The normalized spacial score (nSPS) is 24.3. The number of nitrogens with zero attached hydrogens (tertiary/aromatic N) is 2. The Morgan fingerprint density at radius 3 is 2.34 bits per heavy atom. The molecule has 0 amide bonds. The molecule has 7 rings (SSSR count). The monoisotopic (exact) mass is 594 g/mol. The molecule has 1 saturated heterocycles. The summed E-state index contributed by atoms with van der Waals surface area (Å²) in [6.45, 7) is 0. The van der Waals surface area contributed by atoms with Crippen molar-refractivity contribution in [2.45, 2.75) is 33.5 Å². The van der Waals surface area contributed by atoms with Gasteiger partial charge >= 0.3 is 0 Å². The van der Waals surface area contributed by atoms with E-state index in [0.29, 0.717) is 5.56 Å². The van der Waals surface area contributed by atoms with Crippen LogP contribution in [0.2, 0.25) is 0 Å². The highest BCUT2D eigenvalue weighted by Gasteiger charge is 2.70. The van der Waals surface area contributed by atoms with Crippen LogP contribution in [0.1, 0.15) is 27.4 Å². The summed E-state index contributed by atoms with van der Waals surface area (Å²) in [5, 5.41) is -0.355. The van der Waals surface area contributed by atoms with Gasteiger partial charge in [-0.3, -0.25) is 14.6 Å². The van der Waals surface area contributed by atoms with E-state index in [2.05, 4.69) is 29.2 Å². The molecule has 1 spiro atoms. The van der Waals surface area contributed by atoms with E-state index in [1.807, 2.05) is 84.9 Å². The number of carbonyl (C=O) groups excluding carboxylic acids is 2. The Balaban J connectivity index is 1.39. The number of hydrogen-bond acceptors (Lipinski definition) is 8. The lowest BCUT2D eigenvalue weighted by Crippen LogP contribution is -2.45. The number of fused-ring (bicyclic) bond motifs is 4. The van der Waals surface area contributed by atoms with Crippen molar-refractivity contribution in [2.75, 3.05) is 12.0 Å². The largest absolute Gasteiger partial charge is 0.497 e. The fourth-order valence-corrected chi connectivity index (χ4v) is 9.79. The molecule has 0 bridgehead atoms. The maximum absolute atomic E-state index is 14.5. The van der Waals surface area contributed by atoms with Gasteiger partial charge in [-0.25, -0.2) is 0 Å². The highest BCUT2D eigenvalue weighted by Crippen LogP contribution is 2.63. The number of para-hydroxylation sites is 1. The molecule has 0 radical (unpaired) electrons. The first-order valence-electron chi connectivity index (χ1n) is 13.4. The zero-order valence-electron chi connectivity index (χ0n) is 22.2. The number of aliphatic imine (C=N–C) groups is 1. The van der Waals surface area contributed by atoms with Crippen molar-refractivity contribution >= 4 is 56.2 Å². The summed E-state index contributed by atoms with van der Waals surface area (Å²) >= 11 is 4.45. The van der Waals surface area contributed by atoms with Crippen LogP contribution in [-0.2, 0) is 10.5 Å². The molecule has 0 unspecified atom stereocenters. The van der Waals surface area contributed by atoms with E-state index >= 15 is 0 Å². The highest BCUT2D eigenvalue weighted by atomic mass is 32.2. The van der Waals surface area contributed by atoms with Crippen LogP contribution in [0.25, 0.3) is 0 Å². The summed E-state index contributed by atoms with van der Waals surface area (Å²) in [7, 11) is 1.63. The van der Waals surface area contributed by atoms with Gasteiger partial charge in [0.2, 0.25) is 5.12 Å². The van der Waals surface area contributed by atoms with E-state index in [1.165, 1.54) is 17.3 Å². The van der Waals surface area contributed by atoms with Gasteiger partial charge in [0, 0.05) is 22.1 Å². The van der Waals surface area contributed by atoms with Gasteiger partial charge in [-0.2, -0.15) is 0 Å². The van der Waals surface area contributed by atoms with Crippen molar-refractivity contribution in [3.63, 3.8) is 0 Å². The van der Waals surface area contributed by atoms with Crippen molar-refractivity contribution in [3.05, 3.63) is 126 Å². The average molecular weight is 595 g/mol. The second-order valence-electron chi connectivity index (χ2n) is 10.1. The van der Waals surface area contributed by atoms with E-state index < -0.39 is 17.5 Å². The van der Waals surface area contributed by atoms with Gasteiger partial charge in [-0.15, -0.1) is 0 Å². The maximum Gasteiger partial charge on any atom is 0.227 e. The van der Waals surface area contributed by atoms with Gasteiger partial charge < -0.3 is 9.64 Å². The maximum atomic E-state index is 14.5. The number of rotatable bonds is 6. The lowest BCUT2D eigenvalue weighted by Gasteiger charge is -2.30. The molecule has 0 aliphatic carbocycles. The predicted molar refractivity (Wildman–Crippen MR) is 169 cm³/mol. The molecule has 4 aromatic carbocycles. The van der Waals surface area contributed by atoms with E-state index in [9.17, 15) is 9.59 Å². The first kappa shape index (κ1) is 26.4. The summed E-state index contributed by atoms with van der Waals surface area (Å²) < 4.78 is 6.19. The van der Waals surface area contributed by atoms with Crippen molar-refractivity contribution in [2.24, 2.45) is 4.99 Å². The SMILES string of the molecule is COc1ccc([C@@H]2[C@@H](C(=O)c3ccccc3)N3c4ccccc4S[C@@H]3[C@]23N=C(SCc2ccccc2)SC3=O)cc1. The lowest BCUT2D eigenvalue weighted by molar-refractivity contribution is -0.115. The number of methoxy groups -OCH3 is 1. The number of ketones is 1. The second-order valence-corrected chi connectivity index (χ2v) is 13.4. The number of anilines is 1. The number of benzene rings is 4. The first-order valence-corrected chi connectivity index (χ1v) is 16.0. The fraction of sp³-hybridized carbons (Fsp3) is 0.182. The number of carbonyl (C=O) groups is 2. The Morgan fingerprint density at radius 1 is 0.927 bits per heavy atom. The zero-order chi connectivity index (χ0) is 28.0. The average Bonchev–Trinajstić information content (AvgIpc) is 3.66. The standard InChI is InChI=1S/C33H26N2O3S3/c1-38-24-18-16-22(17-19-24)27-28(29(36)23-12-6-3-7-13-23)35-25-14-8-9-15-26(25)40-30(35)33(27)31(37)41-32(34-33)39-20-21-10-4-2-5-11-21/h2-19,27-28,30H,20H2,1H3/t27-,28+,30-,33-/m1/s1. The molecule has 3 aliphatic rings. The van der Waals surface area contributed by atoms with Gasteiger partial charge in [-0.1, -0.05) is 108 Å².